The lowest BCUT2D eigenvalue weighted by Gasteiger charge is -2.44. The molecule has 1 N–H and O–H groups in total. The Balaban J connectivity index is 1.84. The van der Waals surface area contributed by atoms with Crippen molar-refractivity contribution in [3.05, 3.63) is 0 Å². The number of rotatable bonds is 7. The highest BCUT2D eigenvalue weighted by Crippen LogP contribution is 2.31. The van der Waals surface area contributed by atoms with E-state index in [9.17, 15) is 0 Å². The van der Waals surface area contributed by atoms with Crippen LogP contribution in [-0.2, 0) is 4.74 Å². The summed E-state index contributed by atoms with van der Waals surface area (Å²) < 4.78 is 5.62. The zero-order chi connectivity index (χ0) is 15.1. The average molecular weight is 297 g/mol. The van der Waals surface area contributed by atoms with Gasteiger partial charge < -0.3 is 19.9 Å². The van der Waals surface area contributed by atoms with Gasteiger partial charge in [0.1, 0.15) is 0 Å². The van der Waals surface area contributed by atoms with Crippen LogP contribution < -0.4 is 5.32 Å². The van der Waals surface area contributed by atoms with Gasteiger partial charge in [0.05, 0.1) is 0 Å². The Bertz CT molecular complexity index is 282. The maximum atomic E-state index is 5.62. The van der Waals surface area contributed by atoms with Crippen LogP contribution in [0.15, 0.2) is 0 Å². The van der Waals surface area contributed by atoms with E-state index in [1.807, 2.05) is 0 Å². The zero-order valence-electron chi connectivity index (χ0n) is 14.4. The summed E-state index contributed by atoms with van der Waals surface area (Å²) in [7, 11) is 0. The molecule has 124 valence electrons. The molecule has 0 atom stereocenters. The highest BCUT2D eigenvalue weighted by molar-refractivity contribution is 4.88. The van der Waals surface area contributed by atoms with Crippen LogP contribution in [0, 0.1) is 11.3 Å². The Hall–Kier alpha value is -0.160. The molecule has 0 spiro atoms. The van der Waals surface area contributed by atoms with Gasteiger partial charge in [-0.2, -0.15) is 0 Å². The second-order valence-electron chi connectivity index (χ2n) is 7.35. The topological polar surface area (TPSA) is 27.7 Å². The van der Waals surface area contributed by atoms with Gasteiger partial charge in [0, 0.05) is 52.5 Å². The summed E-state index contributed by atoms with van der Waals surface area (Å²) in [6.45, 7) is 18.4. The van der Waals surface area contributed by atoms with E-state index >= 15 is 0 Å². The average Bonchev–Trinajstić information content (AvgIpc) is 2.48. The largest absolute Gasteiger partial charge is 0.381 e. The van der Waals surface area contributed by atoms with E-state index < -0.39 is 0 Å². The first-order valence-corrected chi connectivity index (χ1v) is 8.87. The van der Waals surface area contributed by atoms with Crippen molar-refractivity contribution in [3.8, 4) is 0 Å². The van der Waals surface area contributed by atoms with Gasteiger partial charge in [0.25, 0.3) is 0 Å². The lowest BCUT2D eigenvalue weighted by molar-refractivity contribution is -0.0122. The summed E-state index contributed by atoms with van der Waals surface area (Å²) in [5.41, 5.74) is 0.432. The van der Waals surface area contributed by atoms with Crippen molar-refractivity contribution < 1.29 is 4.74 Å². The molecule has 21 heavy (non-hydrogen) atoms. The van der Waals surface area contributed by atoms with Crippen molar-refractivity contribution in [1.29, 1.82) is 0 Å². The Labute approximate surface area is 131 Å². The molecule has 0 saturated carbocycles. The lowest BCUT2D eigenvalue weighted by Crippen LogP contribution is -2.53. The molecule has 2 aliphatic heterocycles. The molecule has 0 unspecified atom stereocenters. The molecule has 0 radical (unpaired) electrons. The molecule has 2 fully saturated rings. The van der Waals surface area contributed by atoms with Gasteiger partial charge in [-0.15, -0.1) is 0 Å². The number of nitrogens with one attached hydrogen (secondary N) is 1. The van der Waals surface area contributed by atoms with E-state index in [2.05, 4.69) is 35.9 Å². The summed E-state index contributed by atoms with van der Waals surface area (Å²) in [6.07, 6.45) is 2.43. The molecule has 0 aromatic carbocycles. The quantitative estimate of drug-likeness (QED) is 0.773. The summed E-state index contributed by atoms with van der Waals surface area (Å²) in [5.74, 6) is 0.731. The summed E-state index contributed by atoms with van der Waals surface area (Å²) >= 11 is 0. The molecule has 2 saturated heterocycles. The van der Waals surface area contributed by atoms with E-state index in [4.69, 9.17) is 4.74 Å². The molecule has 0 bridgehead atoms. The second-order valence-corrected chi connectivity index (χ2v) is 7.35. The van der Waals surface area contributed by atoms with Crippen LogP contribution in [0.2, 0.25) is 0 Å². The van der Waals surface area contributed by atoms with Gasteiger partial charge >= 0.3 is 0 Å². The van der Waals surface area contributed by atoms with E-state index in [0.717, 1.165) is 32.2 Å². The molecular formula is C17H35N3O. The Morgan fingerprint density at radius 3 is 2.24 bits per heavy atom. The molecule has 0 aliphatic carbocycles. The number of hydrogen-bond donors (Lipinski definition) is 1. The molecule has 0 aromatic heterocycles. The first-order chi connectivity index (χ1) is 10.1. The second kappa shape index (κ2) is 8.47. The van der Waals surface area contributed by atoms with Gasteiger partial charge in [-0.05, 0) is 37.3 Å². The van der Waals surface area contributed by atoms with Crippen molar-refractivity contribution in [2.24, 2.45) is 11.3 Å². The van der Waals surface area contributed by atoms with Crippen LogP contribution in [0.3, 0.4) is 0 Å². The fraction of sp³-hybridized carbons (Fsp3) is 1.00. The molecular weight excluding hydrogens is 262 g/mol. The van der Waals surface area contributed by atoms with E-state index in [1.165, 1.54) is 52.1 Å². The predicted octanol–water partition coefficient (Wildman–Crippen LogP) is 1.67. The van der Waals surface area contributed by atoms with Crippen LogP contribution >= 0.6 is 0 Å². The maximum absolute atomic E-state index is 5.62. The van der Waals surface area contributed by atoms with Crippen LogP contribution in [0.25, 0.3) is 0 Å². The van der Waals surface area contributed by atoms with Crippen LogP contribution in [0.4, 0.5) is 0 Å². The van der Waals surface area contributed by atoms with Crippen molar-refractivity contribution in [3.63, 3.8) is 0 Å². The number of ether oxygens (including phenoxy) is 1. The molecule has 2 heterocycles. The minimum absolute atomic E-state index is 0.432. The van der Waals surface area contributed by atoms with Gasteiger partial charge in [-0.3, -0.25) is 0 Å². The van der Waals surface area contributed by atoms with Crippen LogP contribution in [-0.4, -0.2) is 75.4 Å². The van der Waals surface area contributed by atoms with Gasteiger partial charge in [0.2, 0.25) is 0 Å². The fourth-order valence-electron chi connectivity index (χ4n) is 3.56. The van der Waals surface area contributed by atoms with Crippen molar-refractivity contribution in [1.82, 2.24) is 15.1 Å². The standard InChI is InChI=1S/C17H35N3O/c1-4-19-7-9-20(10-8-19)15-17(5-11-21-12-6-17)14-18-13-16(2)3/h16,18H,4-15H2,1-3H3. The monoisotopic (exact) mass is 297 g/mol. The molecule has 4 heteroatoms. The Morgan fingerprint density at radius 2 is 1.67 bits per heavy atom. The summed E-state index contributed by atoms with van der Waals surface area (Å²) in [4.78, 5) is 5.25. The van der Waals surface area contributed by atoms with Crippen molar-refractivity contribution in [2.75, 3.05) is 65.6 Å². The predicted molar refractivity (Wildman–Crippen MR) is 88.7 cm³/mol. The third kappa shape index (κ3) is 5.51. The van der Waals surface area contributed by atoms with Gasteiger partial charge in [0.15, 0.2) is 0 Å². The van der Waals surface area contributed by atoms with Gasteiger partial charge in [-0.25, -0.2) is 0 Å². The third-order valence-electron chi connectivity index (χ3n) is 5.08. The number of likely N-dealkylation sites (N-methyl/N-ethyl adjacent to an activating group) is 1. The first-order valence-electron chi connectivity index (χ1n) is 8.87. The van der Waals surface area contributed by atoms with E-state index in [0.29, 0.717) is 5.41 Å². The highest BCUT2D eigenvalue weighted by Gasteiger charge is 2.34. The molecule has 4 nitrogen and oxygen atoms in total. The molecule has 0 aromatic rings. The minimum atomic E-state index is 0.432. The zero-order valence-corrected chi connectivity index (χ0v) is 14.4. The lowest BCUT2D eigenvalue weighted by atomic mass is 9.79. The minimum Gasteiger partial charge on any atom is -0.381 e. The van der Waals surface area contributed by atoms with Crippen LogP contribution in [0.1, 0.15) is 33.6 Å². The summed E-state index contributed by atoms with van der Waals surface area (Å²) in [5, 5.41) is 3.71. The van der Waals surface area contributed by atoms with Gasteiger partial charge in [-0.1, -0.05) is 20.8 Å². The SMILES string of the molecule is CCN1CCN(CC2(CNCC(C)C)CCOCC2)CC1. The van der Waals surface area contributed by atoms with E-state index in [-0.39, 0.29) is 0 Å². The molecule has 2 rings (SSSR count). The highest BCUT2D eigenvalue weighted by atomic mass is 16.5. The van der Waals surface area contributed by atoms with Crippen molar-refractivity contribution >= 4 is 0 Å². The third-order valence-corrected chi connectivity index (χ3v) is 5.08. The normalized spacial score (nSPS) is 24.6. The maximum Gasteiger partial charge on any atom is 0.0472 e. The Morgan fingerprint density at radius 1 is 1.05 bits per heavy atom. The number of nitrogens with zero attached hydrogens (tertiary/aromatic N) is 2. The number of hydrogen-bond acceptors (Lipinski definition) is 4. The van der Waals surface area contributed by atoms with Crippen LogP contribution in [0.5, 0.6) is 0 Å². The smallest absolute Gasteiger partial charge is 0.0472 e. The van der Waals surface area contributed by atoms with Crippen molar-refractivity contribution in [2.45, 2.75) is 33.6 Å². The molecule has 0 amide bonds. The Kier molecular flexibility index (Phi) is 6.93. The number of piperazine rings is 1. The fourth-order valence-corrected chi connectivity index (χ4v) is 3.56. The molecule has 2 aliphatic rings. The summed E-state index contributed by atoms with van der Waals surface area (Å²) in [6, 6.07) is 0. The van der Waals surface area contributed by atoms with E-state index in [1.54, 1.807) is 0 Å². The first kappa shape index (κ1) is 17.2.